The van der Waals surface area contributed by atoms with Gasteiger partial charge in [-0.25, -0.2) is 0 Å². The van der Waals surface area contributed by atoms with Crippen LogP contribution in [0.2, 0.25) is 0 Å². The van der Waals surface area contributed by atoms with Gasteiger partial charge in [-0.15, -0.1) is 0 Å². The van der Waals surface area contributed by atoms with Gasteiger partial charge in [0.05, 0.1) is 12.5 Å². The van der Waals surface area contributed by atoms with Crippen molar-refractivity contribution in [2.75, 3.05) is 33.2 Å². The summed E-state index contributed by atoms with van der Waals surface area (Å²) in [5.41, 5.74) is 2.25. The Bertz CT molecular complexity index is 918. The van der Waals surface area contributed by atoms with Gasteiger partial charge in [0.15, 0.2) is 0 Å². The van der Waals surface area contributed by atoms with Gasteiger partial charge in [-0.2, -0.15) is 0 Å². The summed E-state index contributed by atoms with van der Waals surface area (Å²) >= 11 is 0. The third-order valence-corrected chi connectivity index (χ3v) is 6.95. The van der Waals surface area contributed by atoms with Crippen LogP contribution in [-0.2, 0) is 21.4 Å². The van der Waals surface area contributed by atoms with Crippen LogP contribution in [-0.4, -0.2) is 55.0 Å². The van der Waals surface area contributed by atoms with Crippen LogP contribution in [0.5, 0.6) is 5.75 Å². The van der Waals surface area contributed by atoms with Crippen LogP contribution in [0.4, 0.5) is 0 Å². The molecule has 2 aromatic rings. The highest BCUT2D eigenvalue weighted by Crippen LogP contribution is 2.40. The van der Waals surface area contributed by atoms with Gasteiger partial charge < -0.3 is 20.6 Å². The van der Waals surface area contributed by atoms with E-state index in [1.54, 1.807) is 13.1 Å². The Balaban J connectivity index is 1.69. The number of rotatable bonds is 8. The van der Waals surface area contributed by atoms with Crippen LogP contribution in [0, 0.1) is 11.8 Å². The lowest BCUT2D eigenvalue weighted by Crippen LogP contribution is -2.50. The van der Waals surface area contributed by atoms with Crippen molar-refractivity contribution in [2.24, 2.45) is 11.8 Å². The zero-order chi connectivity index (χ0) is 23.1. The summed E-state index contributed by atoms with van der Waals surface area (Å²) in [5.74, 6) is 0.134. The maximum atomic E-state index is 13.0. The maximum Gasteiger partial charge on any atom is 0.239 e. The second kappa shape index (κ2) is 10.6. The topological polar surface area (TPSA) is 81.7 Å². The fraction of sp³-hybridized carbons (Fsp3) is 0.462. The molecule has 172 valence electrons. The van der Waals surface area contributed by atoms with Crippen molar-refractivity contribution in [2.45, 2.75) is 32.1 Å². The molecular weight excluding hydrogens is 402 g/mol. The number of phenols is 1. The molecule has 0 bridgehead atoms. The number of benzene rings is 2. The molecule has 32 heavy (non-hydrogen) atoms. The Hall–Kier alpha value is -2.86. The molecular formula is C26H35N3O3. The number of likely N-dealkylation sites (tertiary alicyclic amines) is 1. The summed E-state index contributed by atoms with van der Waals surface area (Å²) < 4.78 is 0. The molecule has 6 heteroatoms. The molecule has 6 nitrogen and oxygen atoms in total. The van der Waals surface area contributed by atoms with Crippen LogP contribution >= 0.6 is 0 Å². The lowest BCUT2D eigenvalue weighted by atomic mass is 9.68. The fourth-order valence-corrected chi connectivity index (χ4v) is 4.62. The third kappa shape index (κ3) is 5.88. The molecule has 3 atom stereocenters. The van der Waals surface area contributed by atoms with Crippen LogP contribution in [0.1, 0.15) is 31.4 Å². The Kier molecular flexibility index (Phi) is 7.91. The molecule has 1 heterocycles. The normalized spacial score (nSPS) is 22.2. The first-order valence-corrected chi connectivity index (χ1v) is 11.4. The number of carbonyl (C=O) groups excluding carboxylic acids is 2. The highest BCUT2D eigenvalue weighted by Gasteiger charge is 2.39. The number of hydrogen-bond acceptors (Lipinski definition) is 4. The molecule has 0 aromatic heterocycles. The predicted octanol–water partition coefficient (Wildman–Crippen LogP) is 2.71. The number of piperidine rings is 1. The molecule has 0 spiro atoms. The Morgan fingerprint density at radius 3 is 2.59 bits per heavy atom. The van der Waals surface area contributed by atoms with E-state index in [0.29, 0.717) is 24.6 Å². The van der Waals surface area contributed by atoms with E-state index in [0.717, 1.165) is 30.6 Å². The monoisotopic (exact) mass is 437 g/mol. The summed E-state index contributed by atoms with van der Waals surface area (Å²) in [4.78, 5) is 26.9. The predicted molar refractivity (Wildman–Crippen MR) is 126 cm³/mol. The lowest BCUT2D eigenvalue weighted by molar-refractivity contribution is -0.129. The van der Waals surface area contributed by atoms with Gasteiger partial charge in [0.1, 0.15) is 5.75 Å². The van der Waals surface area contributed by atoms with Crippen LogP contribution in [0.15, 0.2) is 54.6 Å². The van der Waals surface area contributed by atoms with E-state index in [4.69, 9.17) is 0 Å². The van der Waals surface area contributed by atoms with E-state index in [1.807, 2.05) is 42.5 Å². The maximum absolute atomic E-state index is 13.0. The van der Waals surface area contributed by atoms with Gasteiger partial charge in [0.2, 0.25) is 11.8 Å². The first kappa shape index (κ1) is 23.8. The molecule has 1 aliphatic rings. The lowest BCUT2D eigenvalue weighted by Gasteiger charge is -2.45. The second-order valence-electron chi connectivity index (χ2n) is 9.16. The Morgan fingerprint density at radius 2 is 1.94 bits per heavy atom. The van der Waals surface area contributed by atoms with E-state index in [1.165, 1.54) is 0 Å². The number of likely N-dealkylation sites (N-methyl/N-ethyl adjacent to an activating group) is 1. The zero-order valence-corrected chi connectivity index (χ0v) is 19.3. The molecule has 2 aromatic carbocycles. The van der Waals surface area contributed by atoms with Gasteiger partial charge in [-0.3, -0.25) is 9.59 Å². The summed E-state index contributed by atoms with van der Waals surface area (Å²) in [7, 11) is 1.56. The summed E-state index contributed by atoms with van der Waals surface area (Å²) in [6.07, 6.45) is 1.59. The highest BCUT2D eigenvalue weighted by atomic mass is 16.3. The molecule has 1 aliphatic heterocycles. The summed E-state index contributed by atoms with van der Waals surface area (Å²) in [6, 6.07) is 17.6. The van der Waals surface area contributed by atoms with Gasteiger partial charge in [0.25, 0.3) is 0 Å². The minimum atomic E-state index is -0.237. The molecule has 0 saturated carbocycles. The van der Waals surface area contributed by atoms with E-state index in [2.05, 4.69) is 35.4 Å². The molecule has 3 N–H and O–H groups in total. The number of hydrogen-bond donors (Lipinski definition) is 3. The van der Waals surface area contributed by atoms with Crippen LogP contribution in [0.25, 0.3) is 0 Å². The van der Waals surface area contributed by atoms with E-state index in [-0.39, 0.29) is 29.7 Å². The van der Waals surface area contributed by atoms with Crippen molar-refractivity contribution in [1.29, 1.82) is 0 Å². The van der Waals surface area contributed by atoms with Crippen molar-refractivity contribution in [1.82, 2.24) is 15.5 Å². The largest absolute Gasteiger partial charge is 0.508 e. The number of nitrogens with one attached hydrogen (secondary N) is 2. The van der Waals surface area contributed by atoms with Gasteiger partial charge in [0, 0.05) is 20.1 Å². The average Bonchev–Trinajstić information content (AvgIpc) is 2.80. The van der Waals surface area contributed by atoms with Gasteiger partial charge in [-0.05, 0) is 54.0 Å². The molecule has 3 unspecified atom stereocenters. The van der Waals surface area contributed by atoms with E-state index in [9.17, 15) is 14.7 Å². The number of amides is 2. The molecule has 3 rings (SSSR count). The number of aromatic hydroxyl groups is 1. The smallest absolute Gasteiger partial charge is 0.239 e. The molecule has 1 saturated heterocycles. The standard InChI is InChI=1S/C26H35N3O3/c1-19-17-29(13-12-26(19,2)22-10-7-11-23(30)15-22)18-21(14-20-8-5-4-6-9-20)25(32)28-16-24(31)27-3/h4-11,15,19,21,30H,12-14,16-18H2,1-3H3,(H,27,31)(H,28,32). The first-order valence-electron chi connectivity index (χ1n) is 11.4. The summed E-state index contributed by atoms with van der Waals surface area (Å²) in [5, 5.41) is 15.3. The SMILES string of the molecule is CNC(=O)CNC(=O)C(Cc1ccccc1)CN1CCC(C)(c2cccc(O)c2)C(C)C1. The molecule has 1 fully saturated rings. The van der Waals surface area contributed by atoms with Crippen LogP contribution in [0.3, 0.4) is 0 Å². The molecule has 0 radical (unpaired) electrons. The number of phenolic OH excluding ortho intramolecular Hbond substituents is 1. The van der Waals surface area contributed by atoms with Crippen molar-refractivity contribution in [3.8, 4) is 5.75 Å². The minimum absolute atomic E-state index is 0.00734. The van der Waals surface area contributed by atoms with E-state index >= 15 is 0 Å². The van der Waals surface area contributed by atoms with Crippen molar-refractivity contribution in [3.05, 3.63) is 65.7 Å². The molecule has 0 aliphatic carbocycles. The Morgan fingerprint density at radius 1 is 1.19 bits per heavy atom. The summed E-state index contributed by atoms with van der Waals surface area (Å²) in [6.45, 7) is 6.90. The Labute approximate surface area is 191 Å². The van der Waals surface area contributed by atoms with Gasteiger partial charge >= 0.3 is 0 Å². The van der Waals surface area contributed by atoms with Crippen LogP contribution < -0.4 is 10.6 Å². The van der Waals surface area contributed by atoms with Gasteiger partial charge in [-0.1, -0.05) is 56.3 Å². The fourth-order valence-electron chi connectivity index (χ4n) is 4.62. The minimum Gasteiger partial charge on any atom is -0.508 e. The highest BCUT2D eigenvalue weighted by molar-refractivity contribution is 5.85. The van der Waals surface area contributed by atoms with E-state index < -0.39 is 0 Å². The third-order valence-electron chi connectivity index (χ3n) is 6.95. The second-order valence-corrected chi connectivity index (χ2v) is 9.16. The number of carbonyl (C=O) groups is 2. The average molecular weight is 438 g/mol. The molecule has 2 amide bonds. The number of nitrogens with zero attached hydrogens (tertiary/aromatic N) is 1. The van der Waals surface area contributed by atoms with Crippen molar-refractivity contribution in [3.63, 3.8) is 0 Å². The first-order chi connectivity index (χ1) is 15.3. The van der Waals surface area contributed by atoms with Crippen molar-refractivity contribution >= 4 is 11.8 Å². The van der Waals surface area contributed by atoms with Crippen molar-refractivity contribution < 1.29 is 14.7 Å². The quantitative estimate of drug-likeness (QED) is 0.593. The zero-order valence-electron chi connectivity index (χ0n) is 19.3.